The Morgan fingerprint density at radius 2 is 1.80 bits per heavy atom. The zero-order valence-electron chi connectivity index (χ0n) is 15.5. The van der Waals surface area contributed by atoms with Crippen molar-refractivity contribution in [2.24, 2.45) is 5.92 Å². The van der Waals surface area contributed by atoms with Gasteiger partial charge in [0.25, 0.3) is 0 Å². The summed E-state index contributed by atoms with van der Waals surface area (Å²) in [5, 5.41) is 1.20. The van der Waals surface area contributed by atoms with Gasteiger partial charge in [0.15, 0.2) is 0 Å². The maximum absolute atomic E-state index is 12.3. The van der Waals surface area contributed by atoms with Gasteiger partial charge in [0.05, 0.1) is 5.56 Å². The zero-order valence-corrected chi connectivity index (χ0v) is 16.5. The van der Waals surface area contributed by atoms with Crippen molar-refractivity contribution in [1.82, 2.24) is 0 Å². The zero-order chi connectivity index (χ0) is 18.3. The van der Waals surface area contributed by atoms with E-state index in [1.54, 1.807) is 0 Å². The molecule has 1 aromatic carbocycles. The number of hydrogen-bond acceptors (Lipinski definition) is 3. The normalized spacial score (nSPS) is 20.7. The van der Waals surface area contributed by atoms with Crippen LogP contribution in [0.25, 0.3) is 0 Å². The molecule has 25 heavy (non-hydrogen) atoms. The first kappa shape index (κ1) is 19.7. The molecule has 0 saturated heterocycles. The van der Waals surface area contributed by atoms with Crippen LogP contribution >= 0.6 is 0 Å². The fourth-order valence-corrected chi connectivity index (χ4v) is 6.06. The number of carbonyl (C=O) groups is 1. The van der Waals surface area contributed by atoms with Crippen molar-refractivity contribution < 1.29 is 14.6 Å². The van der Waals surface area contributed by atoms with E-state index in [0.29, 0.717) is 11.5 Å². The minimum Gasteiger partial charge on any atom is -0.293 e. The first-order valence-electron chi connectivity index (χ1n) is 9.35. The van der Waals surface area contributed by atoms with Crippen molar-refractivity contribution in [2.45, 2.75) is 58.1 Å². The lowest BCUT2D eigenvalue weighted by Crippen LogP contribution is -2.43. The second-order valence-electron chi connectivity index (χ2n) is 6.84. The second kappa shape index (κ2) is 9.16. The van der Waals surface area contributed by atoms with Gasteiger partial charge in [-0.25, -0.2) is 4.79 Å². The van der Waals surface area contributed by atoms with Crippen LogP contribution in [0.2, 0.25) is 6.04 Å². The van der Waals surface area contributed by atoms with E-state index in [-0.39, 0.29) is 6.10 Å². The number of hydrogen-bond donors (Lipinski definition) is 0. The molecule has 1 aliphatic rings. The highest BCUT2D eigenvalue weighted by atomic mass is 28.3. The van der Waals surface area contributed by atoms with Crippen molar-refractivity contribution in [3.05, 3.63) is 54.4 Å². The Kier molecular flexibility index (Phi) is 7.20. The highest BCUT2D eigenvalue weighted by Crippen LogP contribution is 2.29. The summed E-state index contributed by atoms with van der Waals surface area (Å²) in [5.74, 6) is 0.0632. The van der Waals surface area contributed by atoms with E-state index in [2.05, 4.69) is 27.0 Å². The van der Waals surface area contributed by atoms with Gasteiger partial charge in [-0.05, 0) is 36.9 Å². The van der Waals surface area contributed by atoms with E-state index in [4.69, 9.17) is 9.78 Å². The molecule has 2 atom stereocenters. The van der Waals surface area contributed by atoms with E-state index in [1.807, 2.05) is 35.7 Å². The van der Waals surface area contributed by atoms with Gasteiger partial charge in [-0.2, -0.15) is 4.89 Å². The van der Waals surface area contributed by atoms with Crippen LogP contribution in [0.5, 0.6) is 0 Å². The summed E-state index contributed by atoms with van der Waals surface area (Å²) < 4.78 is 0. The molecule has 0 amide bonds. The summed E-state index contributed by atoms with van der Waals surface area (Å²) >= 11 is 0. The quantitative estimate of drug-likeness (QED) is 0.378. The summed E-state index contributed by atoms with van der Waals surface area (Å²) in [6.45, 7) is 12.3. The largest absolute Gasteiger partial charge is 0.373 e. The van der Waals surface area contributed by atoms with Crippen LogP contribution in [-0.4, -0.2) is 20.1 Å². The first-order valence-corrected chi connectivity index (χ1v) is 11.7. The smallest absolute Gasteiger partial charge is 0.293 e. The van der Waals surface area contributed by atoms with Gasteiger partial charge in [0.1, 0.15) is 14.2 Å². The summed E-state index contributed by atoms with van der Waals surface area (Å²) in [5.41, 5.74) is 4.58. The molecule has 1 fully saturated rings. The van der Waals surface area contributed by atoms with Crippen LogP contribution in [0.3, 0.4) is 0 Å². The van der Waals surface area contributed by atoms with Crippen LogP contribution < -0.4 is 5.19 Å². The average molecular weight is 359 g/mol. The molecule has 0 spiro atoms. The van der Waals surface area contributed by atoms with Crippen LogP contribution in [0.4, 0.5) is 0 Å². The monoisotopic (exact) mass is 358 g/mol. The van der Waals surface area contributed by atoms with Gasteiger partial charge in [0.2, 0.25) is 0 Å². The Bertz CT molecular complexity index is 586. The highest BCUT2D eigenvalue weighted by Gasteiger charge is 2.28. The second-order valence-corrected chi connectivity index (χ2v) is 11.0. The fraction of sp³-hybridized carbons (Fsp3) is 0.476. The lowest BCUT2D eigenvalue weighted by molar-refractivity contribution is -0.290. The van der Waals surface area contributed by atoms with Crippen LogP contribution in [-0.2, 0) is 9.78 Å². The summed E-state index contributed by atoms with van der Waals surface area (Å²) in [4.78, 5) is 22.9. The van der Waals surface area contributed by atoms with E-state index in [9.17, 15) is 4.79 Å². The molecule has 2 unspecified atom stereocenters. The Labute approximate surface area is 152 Å². The lowest BCUT2D eigenvalue weighted by atomic mass is 9.85. The van der Waals surface area contributed by atoms with Crippen LogP contribution in [0.1, 0.15) is 56.3 Å². The molecule has 0 bridgehead atoms. The molecule has 2 rings (SSSR count). The van der Waals surface area contributed by atoms with E-state index < -0.39 is 14.0 Å². The maximum Gasteiger partial charge on any atom is 0.373 e. The number of rotatable bonds is 8. The van der Waals surface area contributed by atoms with Gasteiger partial charge in [0, 0.05) is 0 Å². The molecular weight excluding hydrogens is 328 g/mol. The van der Waals surface area contributed by atoms with Gasteiger partial charge in [-0.1, -0.05) is 61.8 Å². The first-order chi connectivity index (χ1) is 12.1. The van der Waals surface area contributed by atoms with E-state index in [1.165, 1.54) is 11.6 Å². The summed E-state index contributed by atoms with van der Waals surface area (Å²) in [7, 11) is -1.87. The van der Waals surface area contributed by atoms with Crippen LogP contribution in [0, 0.1) is 5.92 Å². The fourth-order valence-electron chi connectivity index (χ4n) is 3.65. The third-order valence-electron chi connectivity index (χ3n) is 5.58. The van der Waals surface area contributed by atoms with Crippen molar-refractivity contribution in [3.63, 3.8) is 0 Å². The summed E-state index contributed by atoms with van der Waals surface area (Å²) in [6.07, 6.45) is 5.59. The molecule has 0 radical (unpaired) electrons. The third kappa shape index (κ3) is 4.50. The van der Waals surface area contributed by atoms with Gasteiger partial charge in [-0.15, -0.1) is 13.2 Å². The van der Waals surface area contributed by atoms with Gasteiger partial charge >= 0.3 is 5.97 Å². The Morgan fingerprint density at radius 1 is 1.16 bits per heavy atom. The van der Waals surface area contributed by atoms with Crippen molar-refractivity contribution in [2.75, 3.05) is 0 Å². The third-order valence-corrected chi connectivity index (χ3v) is 9.62. The molecule has 0 N–H and O–H groups in total. The lowest BCUT2D eigenvalue weighted by Gasteiger charge is -2.28. The molecule has 0 heterocycles. The van der Waals surface area contributed by atoms with Crippen LogP contribution in [0.15, 0.2) is 48.8 Å². The standard InChI is InChI=1S/C21H30O3Si/c1-5-17-11-9-10-12-20(17)23-24-21(22)18-13-15-19(16-14-18)25(6-2,7-3)8-4/h6-7,13-17,20H,2-3,5,8-12H2,1,4H3. The Balaban J connectivity index is 2.00. The predicted octanol–water partition coefficient (Wildman–Crippen LogP) is 4.87. The Hall–Kier alpha value is -1.65. The molecule has 136 valence electrons. The van der Waals surface area contributed by atoms with Gasteiger partial charge < -0.3 is 0 Å². The molecule has 1 saturated carbocycles. The molecule has 1 aliphatic carbocycles. The minimum atomic E-state index is -1.87. The maximum atomic E-state index is 12.3. The SMILES string of the molecule is C=C[Si](C=C)(CC)c1ccc(C(=O)OOC2CCCCC2CC)cc1. The predicted molar refractivity (Wildman–Crippen MR) is 105 cm³/mol. The number of carbonyl (C=O) groups excluding carboxylic acids is 1. The minimum absolute atomic E-state index is 0.0312. The molecule has 4 heteroatoms. The Morgan fingerprint density at radius 3 is 2.36 bits per heavy atom. The van der Waals surface area contributed by atoms with Crippen molar-refractivity contribution >= 4 is 19.2 Å². The molecule has 0 aromatic heterocycles. The molecule has 1 aromatic rings. The average Bonchev–Trinajstić information content (AvgIpc) is 2.68. The molecule has 3 nitrogen and oxygen atoms in total. The number of benzene rings is 1. The highest BCUT2D eigenvalue weighted by molar-refractivity contribution is 6.99. The van der Waals surface area contributed by atoms with Gasteiger partial charge in [-0.3, -0.25) is 4.89 Å². The summed E-state index contributed by atoms with van der Waals surface area (Å²) in [6, 6.07) is 8.61. The van der Waals surface area contributed by atoms with E-state index >= 15 is 0 Å². The van der Waals surface area contributed by atoms with Crippen molar-refractivity contribution in [3.8, 4) is 0 Å². The molecule has 0 aliphatic heterocycles. The van der Waals surface area contributed by atoms with E-state index in [0.717, 1.165) is 31.7 Å². The molecular formula is C21H30O3Si. The van der Waals surface area contributed by atoms with Crippen molar-refractivity contribution in [1.29, 1.82) is 0 Å². The topological polar surface area (TPSA) is 35.5 Å².